The van der Waals surface area contributed by atoms with Crippen LogP contribution in [-0.4, -0.2) is 25.9 Å². The fourth-order valence-electron chi connectivity index (χ4n) is 1.31. The molecule has 0 aromatic heterocycles. The van der Waals surface area contributed by atoms with E-state index in [9.17, 15) is 0 Å². The third-order valence-corrected chi connectivity index (χ3v) is 2.09. The van der Waals surface area contributed by atoms with Gasteiger partial charge in [-0.15, -0.1) is 0 Å². The molecule has 96 valence electrons. The van der Waals surface area contributed by atoms with E-state index in [4.69, 9.17) is 19.9 Å². The topological polar surface area (TPSA) is 53.7 Å². The first-order chi connectivity index (χ1) is 7.92. The minimum absolute atomic E-state index is 0.137. The van der Waals surface area contributed by atoms with E-state index in [-0.39, 0.29) is 5.60 Å². The molecule has 4 heteroatoms. The summed E-state index contributed by atoms with van der Waals surface area (Å²) in [7, 11) is 1.59. The average Bonchev–Trinajstić information content (AvgIpc) is 2.23. The van der Waals surface area contributed by atoms with Crippen LogP contribution in [0.1, 0.15) is 20.8 Å². The number of hydrogen-bond donors (Lipinski definition) is 1. The molecule has 1 rings (SSSR count). The maximum absolute atomic E-state index is 5.77. The second kappa shape index (κ2) is 5.77. The lowest BCUT2D eigenvalue weighted by atomic mass is 10.2. The zero-order chi connectivity index (χ0) is 12.9. The maximum Gasteiger partial charge on any atom is 0.142 e. The van der Waals surface area contributed by atoms with Gasteiger partial charge >= 0.3 is 0 Å². The molecule has 2 N–H and O–H groups in total. The fraction of sp³-hybridized carbons (Fsp3) is 0.538. The van der Waals surface area contributed by atoms with E-state index in [1.807, 2.05) is 26.8 Å². The molecule has 4 nitrogen and oxygen atoms in total. The number of nitrogens with two attached hydrogens (primary N) is 1. The summed E-state index contributed by atoms with van der Waals surface area (Å²) in [6.07, 6.45) is 0. The van der Waals surface area contributed by atoms with Crippen molar-refractivity contribution in [3.63, 3.8) is 0 Å². The molecular formula is C13H21NO3. The van der Waals surface area contributed by atoms with Crippen molar-refractivity contribution in [3.8, 4) is 11.5 Å². The summed E-state index contributed by atoms with van der Waals surface area (Å²) in [5.74, 6) is 1.38. The van der Waals surface area contributed by atoms with Crippen molar-refractivity contribution >= 4 is 5.69 Å². The lowest BCUT2D eigenvalue weighted by Crippen LogP contribution is -2.22. The van der Waals surface area contributed by atoms with Crippen molar-refractivity contribution in [2.24, 2.45) is 0 Å². The third-order valence-electron chi connectivity index (χ3n) is 2.09. The lowest BCUT2D eigenvalue weighted by Gasteiger charge is -2.19. The molecule has 0 fully saturated rings. The first kappa shape index (κ1) is 13.6. The predicted octanol–water partition coefficient (Wildman–Crippen LogP) is 2.47. The van der Waals surface area contributed by atoms with E-state index in [1.165, 1.54) is 0 Å². The Kier molecular flexibility index (Phi) is 4.63. The minimum Gasteiger partial charge on any atom is -0.495 e. The maximum atomic E-state index is 5.77. The molecule has 0 radical (unpaired) electrons. The first-order valence-corrected chi connectivity index (χ1v) is 5.62. The van der Waals surface area contributed by atoms with Gasteiger partial charge in [-0.3, -0.25) is 0 Å². The second-order valence-electron chi connectivity index (χ2n) is 4.71. The summed E-state index contributed by atoms with van der Waals surface area (Å²) < 4.78 is 16.1. The monoisotopic (exact) mass is 239 g/mol. The van der Waals surface area contributed by atoms with Gasteiger partial charge in [0.1, 0.15) is 18.1 Å². The molecule has 0 aliphatic heterocycles. The highest BCUT2D eigenvalue weighted by molar-refractivity contribution is 5.56. The van der Waals surface area contributed by atoms with Crippen molar-refractivity contribution in [3.05, 3.63) is 18.2 Å². The Labute approximate surface area is 103 Å². The molecule has 1 aromatic rings. The van der Waals surface area contributed by atoms with Gasteiger partial charge in [-0.05, 0) is 32.9 Å². The van der Waals surface area contributed by atoms with Crippen LogP contribution in [0.5, 0.6) is 11.5 Å². The van der Waals surface area contributed by atoms with E-state index >= 15 is 0 Å². The van der Waals surface area contributed by atoms with Crippen LogP contribution in [-0.2, 0) is 4.74 Å². The molecule has 0 unspecified atom stereocenters. The molecule has 0 amide bonds. The van der Waals surface area contributed by atoms with Gasteiger partial charge in [-0.1, -0.05) is 0 Å². The van der Waals surface area contributed by atoms with Gasteiger partial charge in [-0.25, -0.2) is 0 Å². The van der Waals surface area contributed by atoms with Crippen LogP contribution in [0.2, 0.25) is 0 Å². The van der Waals surface area contributed by atoms with Crippen LogP contribution >= 0.6 is 0 Å². The van der Waals surface area contributed by atoms with Gasteiger partial charge in [0.05, 0.1) is 25.0 Å². The summed E-state index contributed by atoms with van der Waals surface area (Å²) >= 11 is 0. The zero-order valence-electron chi connectivity index (χ0n) is 10.9. The summed E-state index contributed by atoms with van der Waals surface area (Å²) in [5, 5.41) is 0. The largest absolute Gasteiger partial charge is 0.495 e. The van der Waals surface area contributed by atoms with E-state index in [0.29, 0.717) is 24.7 Å². The molecule has 0 atom stereocenters. The Hall–Kier alpha value is -1.42. The quantitative estimate of drug-likeness (QED) is 0.633. The number of nitrogen functional groups attached to an aromatic ring is 1. The number of benzene rings is 1. The Balaban J connectivity index is 2.40. The van der Waals surface area contributed by atoms with Gasteiger partial charge in [0.2, 0.25) is 0 Å². The smallest absolute Gasteiger partial charge is 0.142 e. The van der Waals surface area contributed by atoms with Crippen LogP contribution in [0.25, 0.3) is 0 Å². The van der Waals surface area contributed by atoms with E-state index < -0.39 is 0 Å². The number of rotatable bonds is 5. The molecule has 0 saturated heterocycles. The van der Waals surface area contributed by atoms with Gasteiger partial charge < -0.3 is 19.9 Å². The highest BCUT2D eigenvalue weighted by Gasteiger charge is 2.09. The van der Waals surface area contributed by atoms with Crippen LogP contribution in [0, 0.1) is 0 Å². The summed E-state index contributed by atoms with van der Waals surface area (Å²) in [6.45, 7) is 7.09. The Morgan fingerprint density at radius 3 is 2.41 bits per heavy atom. The highest BCUT2D eigenvalue weighted by Crippen LogP contribution is 2.25. The average molecular weight is 239 g/mol. The Bertz CT molecular complexity index is 358. The van der Waals surface area contributed by atoms with Gasteiger partial charge in [0.25, 0.3) is 0 Å². The summed E-state index contributed by atoms with van der Waals surface area (Å²) in [6, 6.07) is 5.36. The molecule has 1 aromatic carbocycles. The number of anilines is 1. The van der Waals surface area contributed by atoms with Crippen LogP contribution in [0.15, 0.2) is 18.2 Å². The van der Waals surface area contributed by atoms with E-state index in [2.05, 4.69) is 0 Å². The standard InChI is InChI=1S/C13H21NO3/c1-13(2,3)17-8-7-16-10-5-6-12(15-4)11(14)9-10/h5-6,9H,7-8,14H2,1-4H3. The molecule has 0 spiro atoms. The third kappa shape index (κ3) is 4.95. The van der Waals surface area contributed by atoms with Gasteiger partial charge in [0.15, 0.2) is 0 Å². The van der Waals surface area contributed by atoms with Crippen molar-refractivity contribution in [1.29, 1.82) is 0 Å². The van der Waals surface area contributed by atoms with Crippen molar-refractivity contribution in [2.45, 2.75) is 26.4 Å². The molecular weight excluding hydrogens is 218 g/mol. The zero-order valence-corrected chi connectivity index (χ0v) is 10.9. The number of hydrogen-bond acceptors (Lipinski definition) is 4. The van der Waals surface area contributed by atoms with Crippen LogP contribution in [0.4, 0.5) is 5.69 Å². The highest BCUT2D eigenvalue weighted by atomic mass is 16.5. The fourth-order valence-corrected chi connectivity index (χ4v) is 1.31. The Morgan fingerprint density at radius 2 is 1.88 bits per heavy atom. The first-order valence-electron chi connectivity index (χ1n) is 5.62. The molecule has 17 heavy (non-hydrogen) atoms. The summed E-state index contributed by atoms with van der Waals surface area (Å²) in [5.41, 5.74) is 6.20. The second-order valence-corrected chi connectivity index (χ2v) is 4.71. The normalized spacial score (nSPS) is 11.3. The van der Waals surface area contributed by atoms with Crippen LogP contribution < -0.4 is 15.2 Å². The van der Waals surface area contributed by atoms with E-state index in [0.717, 1.165) is 5.75 Å². The lowest BCUT2D eigenvalue weighted by molar-refractivity contribution is -0.0162. The minimum atomic E-state index is -0.137. The van der Waals surface area contributed by atoms with Gasteiger partial charge in [0, 0.05) is 6.07 Å². The Morgan fingerprint density at radius 1 is 1.18 bits per heavy atom. The van der Waals surface area contributed by atoms with Crippen molar-refractivity contribution < 1.29 is 14.2 Å². The SMILES string of the molecule is COc1ccc(OCCOC(C)(C)C)cc1N. The van der Waals surface area contributed by atoms with Crippen LogP contribution in [0.3, 0.4) is 0 Å². The van der Waals surface area contributed by atoms with Crippen molar-refractivity contribution in [1.82, 2.24) is 0 Å². The molecule has 0 bridgehead atoms. The number of ether oxygens (including phenoxy) is 3. The summed E-state index contributed by atoms with van der Waals surface area (Å²) in [4.78, 5) is 0. The molecule has 0 heterocycles. The molecule has 0 aliphatic carbocycles. The van der Waals surface area contributed by atoms with E-state index in [1.54, 1.807) is 19.2 Å². The molecule has 0 aliphatic rings. The van der Waals surface area contributed by atoms with Crippen molar-refractivity contribution in [2.75, 3.05) is 26.1 Å². The predicted molar refractivity (Wildman–Crippen MR) is 68.6 cm³/mol. The van der Waals surface area contributed by atoms with Gasteiger partial charge in [-0.2, -0.15) is 0 Å². The molecule has 0 saturated carbocycles. The number of methoxy groups -OCH3 is 1.